The van der Waals surface area contributed by atoms with E-state index in [4.69, 9.17) is 4.74 Å². The number of methoxy groups -OCH3 is 1. The minimum absolute atomic E-state index is 0.0158. The summed E-state index contributed by atoms with van der Waals surface area (Å²) in [6, 6.07) is 8.07. The maximum atomic E-state index is 14.7. The average molecular weight is 562 g/mol. The normalized spacial score (nSPS) is 19.4. The molecule has 13 heteroatoms. The summed E-state index contributed by atoms with van der Waals surface area (Å²) in [5, 5.41) is 26.3. The molecule has 0 bridgehead atoms. The third-order valence-electron chi connectivity index (χ3n) is 7.47. The van der Waals surface area contributed by atoms with Crippen molar-refractivity contribution >= 4 is 17.5 Å². The number of hydrogen-bond acceptors (Lipinski definition) is 8. The molecule has 1 atom stereocenters. The predicted octanol–water partition coefficient (Wildman–Crippen LogP) is 4.51. The fraction of sp³-hybridized carbons (Fsp3) is 0.357. The number of halogens is 2. The molecule has 0 aromatic carbocycles. The SMILES string of the molecule is CO[C@]1(C(=O)N[C@@H](C)c2ccc(-n3cc(F)cn3)nc2)CC[C@@H](c2nc(Nc3cc(C)[nH]n3)c(F)cc2C#N)CC1. The highest BCUT2D eigenvalue weighted by molar-refractivity contribution is 5.85. The van der Waals surface area contributed by atoms with E-state index in [0.29, 0.717) is 43.0 Å². The van der Waals surface area contributed by atoms with E-state index in [1.807, 2.05) is 13.8 Å². The van der Waals surface area contributed by atoms with Crippen LogP contribution < -0.4 is 10.6 Å². The van der Waals surface area contributed by atoms with Gasteiger partial charge in [0.05, 0.1) is 29.7 Å². The van der Waals surface area contributed by atoms with Crippen LogP contribution in [0.4, 0.5) is 20.4 Å². The van der Waals surface area contributed by atoms with Gasteiger partial charge in [-0.05, 0) is 57.2 Å². The monoisotopic (exact) mass is 561 g/mol. The van der Waals surface area contributed by atoms with Gasteiger partial charge in [0, 0.05) is 31.0 Å². The second kappa shape index (κ2) is 11.4. The number of amides is 1. The summed E-state index contributed by atoms with van der Waals surface area (Å²) in [5.74, 6) is -0.684. The Morgan fingerprint density at radius 1 is 1.27 bits per heavy atom. The molecule has 1 amide bonds. The molecule has 4 aromatic heterocycles. The topological polar surface area (TPSA) is 146 Å². The first-order valence-corrected chi connectivity index (χ1v) is 13.1. The molecule has 4 heterocycles. The predicted molar refractivity (Wildman–Crippen MR) is 144 cm³/mol. The number of H-pyrrole nitrogens is 1. The van der Waals surface area contributed by atoms with Gasteiger partial charge >= 0.3 is 0 Å². The molecule has 4 aromatic rings. The van der Waals surface area contributed by atoms with E-state index in [-0.39, 0.29) is 29.2 Å². The number of hydrogen-bond donors (Lipinski definition) is 3. The molecular weight excluding hydrogens is 532 g/mol. The molecule has 0 unspecified atom stereocenters. The van der Waals surface area contributed by atoms with Crippen molar-refractivity contribution in [2.24, 2.45) is 0 Å². The van der Waals surface area contributed by atoms with Crippen molar-refractivity contribution in [1.29, 1.82) is 5.26 Å². The Labute approximate surface area is 235 Å². The summed E-state index contributed by atoms with van der Waals surface area (Å²) in [6.45, 7) is 3.67. The van der Waals surface area contributed by atoms with Crippen molar-refractivity contribution in [2.45, 2.75) is 57.1 Å². The van der Waals surface area contributed by atoms with Crippen molar-refractivity contribution in [3.05, 3.63) is 77.0 Å². The van der Waals surface area contributed by atoms with Crippen LogP contribution in [0, 0.1) is 29.9 Å². The maximum Gasteiger partial charge on any atom is 0.252 e. The van der Waals surface area contributed by atoms with Crippen LogP contribution in [-0.4, -0.2) is 48.6 Å². The molecule has 5 rings (SSSR count). The van der Waals surface area contributed by atoms with Crippen LogP contribution in [0.2, 0.25) is 0 Å². The van der Waals surface area contributed by atoms with E-state index in [1.54, 1.807) is 24.4 Å². The van der Waals surface area contributed by atoms with Crippen LogP contribution in [0.15, 0.2) is 42.9 Å². The van der Waals surface area contributed by atoms with E-state index in [0.717, 1.165) is 17.5 Å². The van der Waals surface area contributed by atoms with Crippen LogP contribution in [-0.2, 0) is 9.53 Å². The fourth-order valence-electron chi connectivity index (χ4n) is 5.10. The van der Waals surface area contributed by atoms with Gasteiger partial charge in [0.25, 0.3) is 5.91 Å². The second-order valence-corrected chi connectivity index (χ2v) is 10.1. The Balaban J connectivity index is 1.26. The highest BCUT2D eigenvalue weighted by Crippen LogP contribution is 2.41. The van der Waals surface area contributed by atoms with Gasteiger partial charge in [-0.15, -0.1) is 0 Å². The van der Waals surface area contributed by atoms with E-state index in [1.165, 1.54) is 24.1 Å². The number of aromatic amines is 1. The molecule has 212 valence electrons. The molecule has 0 radical (unpaired) electrons. The number of nitriles is 1. The van der Waals surface area contributed by atoms with Gasteiger partial charge < -0.3 is 15.4 Å². The van der Waals surface area contributed by atoms with E-state index < -0.39 is 17.2 Å². The van der Waals surface area contributed by atoms with Crippen LogP contribution in [0.3, 0.4) is 0 Å². The number of aryl methyl sites for hydroxylation is 1. The number of carbonyl (C=O) groups is 1. The first kappa shape index (κ1) is 27.9. The van der Waals surface area contributed by atoms with Gasteiger partial charge in [0.15, 0.2) is 29.1 Å². The molecule has 0 aliphatic heterocycles. The lowest BCUT2D eigenvalue weighted by molar-refractivity contribution is -0.148. The van der Waals surface area contributed by atoms with Crippen LogP contribution >= 0.6 is 0 Å². The van der Waals surface area contributed by atoms with Crippen molar-refractivity contribution in [1.82, 2.24) is 35.3 Å². The van der Waals surface area contributed by atoms with E-state index >= 15 is 0 Å². The number of pyridine rings is 2. The standard InChI is InChI=1S/C28H29F2N9O2/c1-16-10-23(38-37-16)35-26-22(30)11-20(12-31)25(36-26)18-6-8-28(41-3,9-7-18)27(40)34-17(2)19-4-5-24(32-13-19)39-15-21(29)14-33-39/h4-5,10-11,13-15,17-18H,6-9H2,1-3H3,(H,34,40)(H2,35,36,37,38)/t17-,18-,28-/m0/s1. The lowest BCUT2D eigenvalue weighted by atomic mass is 9.76. The number of carbonyl (C=O) groups excluding carboxylic acids is 1. The molecule has 1 fully saturated rings. The average Bonchev–Trinajstić information content (AvgIpc) is 3.61. The van der Waals surface area contributed by atoms with E-state index in [9.17, 15) is 18.8 Å². The summed E-state index contributed by atoms with van der Waals surface area (Å²) in [4.78, 5) is 22.2. The molecule has 0 saturated heterocycles. The zero-order valence-corrected chi connectivity index (χ0v) is 22.8. The van der Waals surface area contributed by atoms with Crippen molar-refractivity contribution in [2.75, 3.05) is 12.4 Å². The number of aromatic nitrogens is 6. The number of rotatable bonds is 8. The first-order valence-electron chi connectivity index (χ1n) is 13.1. The Morgan fingerprint density at radius 3 is 2.63 bits per heavy atom. The Kier molecular flexibility index (Phi) is 7.76. The second-order valence-electron chi connectivity index (χ2n) is 10.1. The molecule has 1 saturated carbocycles. The summed E-state index contributed by atoms with van der Waals surface area (Å²) in [7, 11) is 1.51. The molecule has 0 spiro atoms. The Morgan fingerprint density at radius 2 is 2.05 bits per heavy atom. The molecule has 3 N–H and O–H groups in total. The smallest absolute Gasteiger partial charge is 0.252 e. The minimum Gasteiger partial charge on any atom is -0.368 e. The lowest BCUT2D eigenvalue weighted by Crippen LogP contribution is -2.50. The molecule has 11 nitrogen and oxygen atoms in total. The number of ether oxygens (including phenoxy) is 1. The number of anilines is 2. The number of nitrogens with one attached hydrogen (secondary N) is 3. The Bertz CT molecular complexity index is 1580. The first-order chi connectivity index (χ1) is 19.7. The minimum atomic E-state index is -1.06. The summed E-state index contributed by atoms with van der Waals surface area (Å²) < 4.78 is 35.1. The zero-order valence-electron chi connectivity index (χ0n) is 22.8. The quantitative estimate of drug-likeness (QED) is 0.285. The van der Waals surface area contributed by atoms with Crippen molar-refractivity contribution in [3.63, 3.8) is 0 Å². The molecular formula is C28H29F2N9O2. The molecule has 1 aliphatic rings. The van der Waals surface area contributed by atoms with Crippen molar-refractivity contribution in [3.8, 4) is 11.9 Å². The van der Waals surface area contributed by atoms with Gasteiger partial charge in [0.2, 0.25) is 0 Å². The van der Waals surface area contributed by atoms with Gasteiger partial charge in [-0.1, -0.05) is 6.07 Å². The summed E-state index contributed by atoms with van der Waals surface area (Å²) in [6.07, 6.45) is 5.74. The molecule has 1 aliphatic carbocycles. The van der Waals surface area contributed by atoms with Crippen LogP contribution in [0.5, 0.6) is 0 Å². The largest absolute Gasteiger partial charge is 0.368 e. The third kappa shape index (κ3) is 5.78. The fourth-order valence-corrected chi connectivity index (χ4v) is 5.10. The maximum absolute atomic E-state index is 14.7. The number of nitrogens with zero attached hydrogens (tertiary/aromatic N) is 6. The van der Waals surface area contributed by atoms with Gasteiger partial charge in [-0.25, -0.2) is 23.4 Å². The van der Waals surface area contributed by atoms with Gasteiger partial charge in [-0.2, -0.15) is 15.5 Å². The molecule has 41 heavy (non-hydrogen) atoms. The third-order valence-corrected chi connectivity index (χ3v) is 7.47. The van der Waals surface area contributed by atoms with E-state index in [2.05, 4.69) is 42.0 Å². The lowest BCUT2D eigenvalue weighted by Gasteiger charge is -2.38. The summed E-state index contributed by atoms with van der Waals surface area (Å²) in [5.41, 5.74) is 1.14. The summed E-state index contributed by atoms with van der Waals surface area (Å²) >= 11 is 0. The van der Waals surface area contributed by atoms with Gasteiger partial charge in [0.1, 0.15) is 11.7 Å². The highest BCUT2D eigenvalue weighted by atomic mass is 19.1. The zero-order chi connectivity index (χ0) is 29.1. The van der Waals surface area contributed by atoms with Crippen LogP contribution in [0.25, 0.3) is 5.82 Å². The van der Waals surface area contributed by atoms with Crippen molar-refractivity contribution < 1.29 is 18.3 Å². The van der Waals surface area contributed by atoms with Gasteiger partial charge in [-0.3, -0.25) is 9.89 Å². The van der Waals surface area contributed by atoms with Crippen LogP contribution in [0.1, 0.15) is 67.1 Å². The highest BCUT2D eigenvalue weighted by Gasteiger charge is 2.43. The Hall–Kier alpha value is -4.70.